The molecule has 0 aliphatic rings. The van der Waals surface area contributed by atoms with Gasteiger partial charge in [-0.25, -0.2) is 0 Å². The second-order valence-corrected chi connectivity index (χ2v) is 5.96. The standard InChI is InChI=1S/C16H21N3OS/c1-3-15-14(10-18-19-15)16(20)17-8-9-21-11-13-7-5-4-6-12(13)2/h4-7,10H,3,8-9,11H2,1-2H3,(H,17,20)(H,18,19). The molecule has 0 unspecified atom stereocenters. The van der Waals surface area contributed by atoms with Crippen molar-refractivity contribution in [3.63, 3.8) is 0 Å². The minimum Gasteiger partial charge on any atom is -0.351 e. The smallest absolute Gasteiger partial charge is 0.254 e. The number of H-pyrrole nitrogens is 1. The highest BCUT2D eigenvalue weighted by Crippen LogP contribution is 2.15. The van der Waals surface area contributed by atoms with Gasteiger partial charge in [0.1, 0.15) is 0 Å². The molecule has 0 aliphatic carbocycles. The monoisotopic (exact) mass is 303 g/mol. The number of rotatable bonds is 7. The molecule has 0 spiro atoms. The quantitative estimate of drug-likeness (QED) is 0.773. The molecule has 2 N–H and O–H groups in total. The topological polar surface area (TPSA) is 57.8 Å². The number of carbonyl (C=O) groups excluding carboxylic acids is 1. The normalized spacial score (nSPS) is 10.6. The molecule has 0 saturated heterocycles. The zero-order valence-electron chi connectivity index (χ0n) is 12.5. The highest BCUT2D eigenvalue weighted by molar-refractivity contribution is 7.98. The Morgan fingerprint density at radius 1 is 1.38 bits per heavy atom. The fourth-order valence-corrected chi connectivity index (χ4v) is 3.00. The summed E-state index contributed by atoms with van der Waals surface area (Å²) in [6.45, 7) is 4.80. The van der Waals surface area contributed by atoms with Crippen LogP contribution < -0.4 is 5.32 Å². The second-order valence-electron chi connectivity index (χ2n) is 4.85. The number of aromatic amines is 1. The van der Waals surface area contributed by atoms with E-state index in [9.17, 15) is 4.79 Å². The largest absolute Gasteiger partial charge is 0.351 e. The number of aromatic nitrogens is 2. The zero-order valence-corrected chi connectivity index (χ0v) is 13.3. The molecule has 2 aromatic rings. The Kier molecular flexibility index (Phi) is 5.87. The first kappa shape index (κ1) is 15.6. The Hall–Kier alpha value is -1.75. The van der Waals surface area contributed by atoms with Gasteiger partial charge in [0.2, 0.25) is 0 Å². The van der Waals surface area contributed by atoms with Gasteiger partial charge in [-0.2, -0.15) is 16.9 Å². The number of hydrogen-bond acceptors (Lipinski definition) is 3. The van der Waals surface area contributed by atoms with Crippen LogP contribution in [-0.4, -0.2) is 28.4 Å². The Bertz CT molecular complexity index is 595. The molecule has 1 amide bonds. The molecule has 0 saturated carbocycles. The lowest BCUT2D eigenvalue weighted by molar-refractivity contribution is 0.0955. The summed E-state index contributed by atoms with van der Waals surface area (Å²) in [7, 11) is 0. The number of benzene rings is 1. The minimum atomic E-state index is -0.0444. The van der Waals surface area contributed by atoms with Gasteiger partial charge in [0.15, 0.2) is 0 Å². The van der Waals surface area contributed by atoms with E-state index in [-0.39, 0.29) is 5.91 Å². The van der Waals surface area contributed by atoms with Crippen molar-refractivity contribution in [2.45, 2.75) is 26.0 Å². The summed E-state index contributed by atoms with van der Waals surface area (Å²) in [6.07, 6.45) is 2.37. The molecular weight excluding hydrogens is 282 g/mol. The van der Waals surface area contributed by atoms with Crippen LogP contribution in [0, 0.1) is 6.92 Å². The van der Waals surface area contributed by atoms with Crippen molar-refractivity contribution in [1.82, 2.24) is 15.5 Å². The van der Waals surface area contributed by atoms with Gasteiger partial charge in [0, 0.05) is 23.7 Å². The summed E-state index contributed by atoms with van der Waals surface area (Å²) in [5.41, 5.74) is 4.22. The van der Waals surface area contributed by atoms with E-state index in [1.54, 1.807) is 6.20 Å². The Morgan fingerprint density at radius 2 is 2.19 bits per heavy atom. The first-order chi connectivity index (χ1) is 10.2. The maximum atomic E-state index is 12.0. The van der Waals surface area contributed by atoms with Crippen LogP contribution >= 0.6 is 11.8 Å². The molecule has 0 atom stereocenters. The van der Waals surface area contributed by atoms with Crippen LogP contribution in [0.15, 0.2) is 30.5 Å². The lowest BCUT2D eigenvalue weighted by Crippen LogP contribution is -2.26. The number of carbonyl (C=O) groups is 1. The molecule has 0 fully saturated rings. The van der Waals surface area contributed by atoms with Gasteiger partial charge in [-0.3, -0.25) is 9.89 Å². The van der Waals surface area contributed by atoms with Crippen molar-refractivity contribution in [3.8, 4) is 0 Å². The van der Waals surface area contributed by atoms with Crippen LogP contribution in [0.1, 0.15) is 34.1 Å². The van der Waals surface area contributed by atoms with Crippen LogP contribution in [0.3, 0.4) is 0 Å². The number of thioether (sulfide) groups is 1. The van der Waals surface area contributed by atoms with Crippen LogP contribution in [0.5, 0.6) is 0 Å². The van der Waals surface area contributed by atoms with E-state index in [4.69, 9.17) is 0 Å². The Labute approximate surface area is 129 Å². The van der Waals surface area contributed by atoms with Gasteiger partial charge < -0.3 is 5.32 Å². The summed E-state index contributed by atoms with van der Waals surface area (Å²) < 4.78 is 0. The van der Waals surface area contributed by atoms with Gasteiger partial charge in [0.25, 0.3) is 5.91 Å². The average molecular weight is 303 g/mol. The highest BCUT2D eigenvalue weighted by Gasteiger charge is 2.11. The van der Waals surface area contributed by atoms with Crippen LogP contribution in [0.25, 0.3) is 0 Å². The molecule has 5 heteroatoms. The second kappa shape index (κ2) is 7.88. The maximum absolute atomic E-state index is 12.0. The third-order valence-corrected chi connectivity index (χ3v) is 4.38. The summed E-state index contributed by atoms with van der Waals surface area (Å²) in [6, 6.07) is 8.40. The van der Waals surface area contributed by atoms with Gasteiger partial charge in [-0.15, -0.1) is 0 Å². The Morgan fingerprint density at radius 3 is 2.95 bits per heavy atom. The zero-order chi connectivity index (χ0) is 15.1. The number of nitrogens with zero attached hydrogens (tertiary/aromatic N) is 1. The fraction of sp³-hybridized carbons (Fsp3) is 0.375. The minimum absolute atomic E-state index is 0.0444. The molecular formula is C16H21N3OS. The lowest BCUT2D eigenvalue weighted by atomic mass is 10.1. The molecule has 2 rings (SSSR count). The van der Waals surface area contributed by atoms with Gasteiger partial charge in [0.05, 0.1) is 11.8 Å². The summed E-state index contributed by atoms with van der Waals surface area (Å²) in [5, 5.41) is 9.71. The SMILES string of the molecule is CCc1[nH]ncc1C(=O)NCCSCc1ccccc1C. The molecule has 21 heavy (non-hydrogen) atoms. The van der Waals surface area contributed by atoms with E-state index >= 15 is 0 Å². The van der Waals surface area contributed by atoms with Crippen molar-refractivity contribution in [3.05, 3.63) is 52.8 Å². The van der Waals surface area contributed by atoms with Crippen LogP contribution in [0.4, 0.5) is 0 Å². The summed E-state index contributed by atoms with van der Waals surface area (Å²) in [4.78, 5) is 12.0. The molecule has 1 heterocycles. The first-order valence-electron chi connectivity index (χ1n) is 7.15. The average Bonchev–Trinajstić information content (AvgIpc) is 2.97. The third kappa shape index (κ3) is 4.36. The molecule has 0 bridgehead atoms. The summed E-state index contributed by atoms with van der Waals surface area (Å²) in [5.74, 6) is 1.84. The van der Waals surface area contributed by atoms with Crippen LogP contribution in [-0.2, 0) is 12.2 Å². The lowest BCUT2D eigenvalue weighted by Gasteiger charge is -2.07. The van der Waals surface area contributed by atoms with Crippen molar-refractivity contribution >= 4 is 17.7 Å². The summed E-state index contributed by atoms with van der Waals surface area (Å²) >= 11 is 1.83. The maximum Gasteiger partial charge on any atom is 0.254 e. The van der Waals surface area contributed by atoms with Crippen molar-refractivity contribution < 1.29 is 4.79 Å². The molecule has 4 nitrogen and oxygen atoms in total. The first-order valence-corrected chi connectivity index (χ1v) is 8.30. The van der Waals surface area contributed by atoms with Crippen molar-refractivity contribution in [2.75, 3.05) is 12.3 Å². The van der Waals surface area contributed by atoms with Gasteiger partial charge in [-0.05, 0) is 24.5 Å². The molecule has 0 radical (unpaired) electrons. The van der Waals surface area contributed by atoms with Crippen molar-refractivity contribution in [1.29, 1.82) is 0 Å². The number of hydrogen-bond donors (Lipinski definition) is 2. The molecule has 1 aromatic carbocycles. The van der Waals surface area contributed by atoms with Crippen LogP contribution in [0.2, 0.25) is 0 Å². The fourth-order valence-electron chi connectivity index (χ4n) is 2.06. The van der Waals surface area contributed by atoms with Crippen molar-refractivity contribution in [2.24, 2.45) is 0 Å². The number of nitrogens with one attached hydrogen (secondary N) is 2. The number of aryl methyl sites for hydroxylation is 2. The Balaban J connectivity index is 1.70. The van der Waals surface area contributed by atoms with E-state index in [2.05, 4.69) is 46.7 Å². The predicted molar refractivity (Wildman–Crippen MR) is 87.6 cm³/mol. The molecule has 112 valence electrons. The van der Waals surface area contributed by atoms with E-state index in [0.29, 0.717) is 12.1 Å². The molecule has 1 aromatic heterocycles. The van der Waals surface area contributed by atoms with E-state index < -0.39 is 0 Å². The van der Waals surface area contributed by atoms with E-state index in [1.165, 1.54) is 11.1 Å². The molecule has 0 aliphatic heterocycles. The van der Waals surface area contributed by atoms with E-state index in [0.717, 1.165) is 23.6 Å². The van der Waals surface area contributed by atoms with Gasteiger partial charge in [-0.1, -0.05) is 31.2 Å². The van der Waals surface area contributed by atoms with E-state index in [1.807, 2.05) is 18.7 Å². The highest BCUT2D eigenvalue weighted by atomic mass is 32.2. The number of amides is 1. The van der Waals surface area contributed by atoms with Gasteiger partial charge >= 0.3 is 0 Å². The predicted octanol–water partition coefficient (Wildman–Crippen LogP) is 2.94. The third-order valence-electron chi connectivity index (χ3n) is 3.37.